The van der Waals surface area contributed by atoms with E-state index < -0.39 is 5.82 Å². The predicted molar refractivity (Wildman–Crippen MR) is 84.4 cm³/mol. The lowest BCUT2D eigenvalue weighted by molar-refractivity contribution is -0.00166. The molecule has 3 atom stereocenters. The summed E-state index contributed by atoms with van der Waals surface area (Å²) in [5.74, 6) is -0.445. The van der Waals surface area contributed by atoms with Crippen molar-refractivity contribution >= 4 is 23.2 Å². The normalized spacial score (nSPS) is 25.0. The SMILES string of the molecule is COC1CCN(C(C)c2cc(F)c(Cl)cc2Cl)C(CN)C1. The molecule has 1 aromatic carbocycles. The fourth-order valence-corrected chi connectivity index (χ4v) is 3.57. The second kappa shape index (κ2) is 7.25. The van der Waals surface area contributed by atoms with Gasteiger partial charge in [0.2, 0.25) is 0 Å². The van der Waals surface area contributed by atoms with E-state index in [0.29, 0.717) is 11.6 Å². The first-order valence-electron chi connectivity index (χ1n) is 7.11. The smallest absolute Gasteiger partial charge is 0.142 e. The highest BCUT2D eigenvalue weighted by molar-refractivity contribution is 6.35. The van der Waals surface area contributed by atoms with Crippen LogP contribution in [0, 0.1) is 5.82 Å². The molecule has 118 valence electrons. The first kappa shape index (κ1) is 17.0. The molecule has 2 rings (SSSR count). The van der Waals surface area contributed by atoms with Gasteiger partial charge in [0.15, 0.2) is 0 Å². The molecule has 0 aliphatic carbocycles. The van der Waals surface area contributed by atoms with Crippen molar-refractivity contribution < 1.29 is 9.13 Å². The van der Waals surface area contributed by atoms with Gasteiger partial charge in [-0.3, -0.25) is 4.90 Å². The molecule has 0 radical (unpaired) electrons. The Bertz CT molecular complexity index is 501. The van der Waals surface area contributed by atoms with Crippen LogP contribution < -0.4 is 5.73 Å². The predicted octanol–water partition coefficient (Wildman–Crippen LogP) is 3.63. The standard InChI is InChI=1S/C15H21Cl2FN2O/c1-9(12-6-15(18)14(17)7-13(12)16)20-4-3-11(21-2)5-10(20)8-19/h6-7,9-11H,3-5,8,19H2,1-2H3. The van der Waals surface area contributed by atoms with E-state index in [1.165, 1.54) is 12.1 Å². The zero-order valence-electron chi connectivity index (χ0n) is 12.3. The van der Waals surface area contributed by atoms with E-state index in [1.807, 2.05) is 6.92 Å². The fraction of sp³-hybridized carbons (Fsp3) is 0.600. The number of likely N-dealkylation sites (tertiary alicyclic amines) is 1. The van der Waals surface area contributed by atoms with Gasteiger partial charge in [-0.2, -0.15) is 0 Å². The Morgan fingerprint density at radius 3 is 2.76 bits per heavy atom. The number of nitrogens with two attached hydrogens (primary N) is 1. The zero-order chi connectivity index (χ0) is 15.6. The number of rotatable bonds is 4. The van der Waals surface area contributed by atoms with E-state index >= 15 is 0 Å². The number of hydrogen-bond donors (Lipinski definition) is 1. The summed E-state index contributed by atoms with van der Waals surface area (Å²) in [6.45, 7) is 3.41. The summed E-state index contributed by atoms with van der Waals surface area (Å²) in [7, 11) is 1.72. The van der Waals surface area contributed by atoms with Gasteiger partial charge in [0.05, 0.1) is 11.1 Å². The fourth-order valence-electron chi connectivity index (χ4n) is 3.02. The Kier molecular flexibility index (Phi) is 5.86. The van der Waals surface area contributed by atoms with Gasteiger partial charge in [-0.1, -0.05) is 23.2 Å². The molecule has 1 aliphatic heterocycles. The molecule has 0 aromatic heterocycles. The molecule has 0 spiro atoms. The average Bonchev–Trinajstić information content (AvgIpc) is 2.49. The number of nitrogens with zero attached hydrogens (tertiary/aromatic N) is 1. The summed E-state index contributed by atoms with van der Waals surface area (Å²) >= 11 is 12.0. The molecule has 1 saturated heterocycles. The summed E-state index contributed by atoms with van der Waals surface area (Å²) in [5, 5.41) is 0.531. The van der Waals surface area contributed by atoms with Gasteiger partial charge in [0, 0.05) is 37.3 Å². The van der Waals surface area contributed by atoms with Crippen LogP contribution in [0.1, 0.15) is 31.4 Å². The Labute approximate surface area is 135 Å². The third-order valence-corrected chi connectivity index (χ3v) is 4.92. The Morgan fingerprint density at radius 1 is 1.43 bits per heavy atom. The topological polar surface area (TPSA) is 38.5 Å². The molecule has 1 aromatic rings. The lowest BCUT2D eigenvalue weighted by atomic mass is 9.95. The van der Waals surface area contributed by atoms with Crippen LogP contribution in [0.2, 0.25) is 10.0 Å². The molecule has 0 amide bonds. The van der Waals surface area contributed by atoms with Crippen LogP contribution in [0.25, 0.3) is 0 Å². The molecule has 2 N–H and O–H groups in total. The summed E-state index contributed by atoms with van der Waals surface area (Å²) in [6.07, 6.45) is 2.05. The van der Waals surface area contributed by atoms with Gasteiger partial charge >= 0.3 is 0 Å². The number of ether oxygens (including phenoxy) is 1. The quantitative estimate of drug-likeness (QED) is 0.854. The minimum atomic E-state index is -0.445. The van der Waals surface area contributed by atoms with Crippen LogP contribution in [0.3, 0.4) is 0 Å². The third kappa shape index (κ3) is 3.69. The zero-order valence-corrected chi connectivity index (χ0v) is 13.8. The number of piperidine rings is 1. The summed E-state index contributed by atoms with van der Waals surface area (Å²) in [6, 6.07) is 3.07. The average molecular weight is 335 g/mol. The minimum Gasteiger partial charge on any atom is -0.381 e. The maximum Gasteiger partial charge on any atom is 0.142 e. The van der Waals surface area contributed by atoms with E-state index in [-0.39, 0.29) is 23.2 Å². The summed E-state index contributed by atoms with van der Waals surface area (Å²) in [4.78, 5) is 2.27. The number of benzene rings is 1. The van der Waals surface area contributed by atoms with E-state index in [2.05, 4.69) is 4.90 Å². The van der Waals surface area contributed by atoms with Gasteiger partial charge in [-0.15, -0.1) is 0 Å². The maximum absolute atomic E-state index is 13.7. The van der Waals surface area contributed by atoms with Crippen molar-refractivity contribution in [1.82, 2.24) is 4.90 Å². The van der Waals surface area contributed by atoms with Crippen LogP contribution >= 0.6 is 23.2 Å². The lowest BCUT2D eigenvalue weighted by Crippen LogP contribution is -2.49. The Morgan fingerprint density at radius 2 is 2.14 bits per heavy atom. The second-order valence-corrected chi connectivity index (χ2v) is 6.29. The molecule has 1 aliphatic rings. The maximum atomic E-state index is 13.7. The van der Waals surface area contributed by atoms with Crippen LogP contribution in [-0.2, 0) is 4.74 Å². The first-order chi connectivity index (χ1) is 9.97. The van der Waals surface area contributed by atoms with Crippen LogP contribution in [-0.4, -0.2) is 37.2 Å². The van der Waals surface area contributed by atoms with Crippen molar-refractivity contribution in [2.24, 2.45) is 5.73 Å². The molecule has 1 heterocycles. The molecule has 1 fully saturated rings. The Hall–Kier alpha value is -0.390. The van der Waals surface area contributed by atoms with Gasteiger partial charge in [-0.25, -0.2) is 4.39 Å². The monoisotopic (exact) mass is 334 g/mol. The first-order valence-corrected chi connectivity index (χ1v) is 7.86. The number of halogens is 3. The van der Waals surface area contributed by atoms with Gasteiger partial charge in [0.25, 0.3) is 0 Å². The van der Waals surface area contributed by atoms with E-state index in [0.717, 1.165) is 24.9 Å². The van der Waals surface area contributed by atoms with Crippen molar-refractivity contribution in [1.29, 1.82) is 0 Å². The van der Waals surface area contributed by atoms with Crippen LogP contribution in [0.4, 0.5) is 4.39 Å². The molecule has 3 unspecified atom stereocenters. The highest BCUT2D eigenvalue weighted by Gasteiger charge is 2.32. The second-order valence-electron chi connectivity index (χ2n) is 5.47. The highest BCUT2D eigenvalue weighted by Crippen LogP contribution is 2.34. The minimum absolute atomic E-state index is 0.0179. The highest BCUT2D eigenvalue weighted by atomic mass is 35.5. The van der Waals surface area contributed by atoms with Crippen molar-refractivity contribution in [3.63, 3.8) is 0 Å². The number of methoxy groups -OCH3 is 1. The molecular formula is C15H21Cl2FN2O. The van der Waals surface area contributed by atoms with Gasteiger partial charge in [0.1, 0.15) is 5.82 Å². The van der Waals surface area contributed by atoms with Gasteiger partial charge < -0.3 is 10.5 Å². The molecule has 21 heavy (non-hydrogen) atoms. The van der Waals surface area contributed by atoms with Crippen molar-refractivity contribution in [2.45, 2.75) is 38.0 Å². The molecule has 6 heteroatoms. The van der Waals surface area contributed by atoms with Crippen LogP contribution in [0.15, 0.2) is 12.1 Å². The van der Waals surface area contributed by atoms with Gasteiger partial charge in [-0.05, 0) is 37.5 Å². The van der Waals surface area contributed by atoms with Crippen molar-refractivity contribution in [3.8, 4) is 0 Å². The third-order valence-electron chi connectivity index (χ3n) is 4.31. The molecule has 0 bridgehead atoms. The molecular weight excluding hydrogens is 314 g/mol. The van der Waals surface area contributed by atoms with E-state index in [9.17, 15) is 4.39 Å². The summed E-state index contributed by atoms with van der Waals surface area (Å²) in [5.41, 5.74) is 6.64. The largest absolute Gasteiger partial charge is 0.381 e. The van der Waals surface area contributed by atoms with Crippen molar-refractivity contribution in [2.75, 3.05) is 20.2 Å². The number of hydrogen-bond acceptors (Lipinski definition) is 3. The lowest BCUT2D eigenvalue weighted by Gasteiger charge is -2.42. The summed E-state index contributed by atoms with van der Waals surface area (Å²) < 4.78 is 19.2. The van der Waals surface area contributed by atoms with E-state index in [4.69, 9.17) is 33.7 Å². The molecule has 0 saturated carbocycles. The van der Waals surface area contributed by atoms with Crippen LogP contribution in [0.5, 0.6) is 0 Å². The molecule has 3 nitrogen and oxygen atoms in total. The van der Waals surface area contributed by atoms with E-state index in [1.54, 1.807) is 7.11 Å². The van der Waals surface area contributed by atoms with Crippen molar-refractivity contribution in [3.05, 3.63) is 33.6 Å². The Balaban J connectivity index is 2.22.